The van der Waals surface area contributed by atoms with Crippen LogP contribution in [-0.4, -0.2) is 15.3 Å². The molecule has 76 valence electrons. The highest BCUT2D eigenvalue weighted by Gasteiger charge is 2.14. The fourth-order valence-electron chi connectivity index (χ4n) is 1.53. The average molecular weight is 200 g/mol. The molecule has 2 rings (SSSR count). The predicted molar refractivity (Wildman–Crippen MR) is 57.8 cm³/mol. The Kier molecular flexibility index (Phi) is 2.37. The van der Waals surface area contributed by atoms with E-state index in [2.05, 4.69) is 4.98 Å². The molecule has 1 aromatic carbocycles. The van der Waals surface area contributed by atoms with Crippen molar-refractivity contribution in [3.8, 4) is 0 Å². The van der Waals surface area contributed by atoms with Gasteiger partial charge in [-0.25, -0.2) is 4.98 Å². The minimum Gasteiger partial charge on any atom is -0.331 e. The van der Waals surface area contributed by atoms with E-state index < -0.39 is 0 Å². The number of aryl methyl sites for hydroxylation is 2. The molecule has 3 nitrogen and oxygen atoms in total. The Balaban J connectivity index is 2.46. The monoisotopic (exact) mass is 200 g/mol. The zero-order valence-electron chi connectivity index (χ0n) is 8.77. The van der Waals surface area contributed by atoms with Gasteiger partial charge in [-0.15, -0.1) is 0 Å². The van der Waals surface area contributed by atoms with Gasteiger partial charge in [-0.3, -0.25) is 4.79 Å². The number of benzene rings is 1. The Morgan fingerprint density at radius 3 is 2.67 bits per heavy atom. The van der Waals surface area contributed by atoms with E-state index in [1.807, 2.05) is 38.2 Å². The summed E-state index contributed by atoms with van der Waals surface area (Å²) in [6, 6.07) is 7.54. The summed E-state index contributed by atoms with van der Waals surface area (Å²) < 4.78 is 1.73. The first-order chi connectivity index (χ1) is 7.20. The molecule has 0 bridgehead atoms. The van der Waals surface area contributed by atoms with Gasteiger partial charge < -0.3 is 4.57 Å². The molecule has 0 fully saturated rings. The van der Waals surface area contributed by atoms with Crippen LogP contribution in [0.1, 0.15) is 21.7 Å². The SMILES string of the molecule is Cc1ccccc1C(=O)c1nccn1C. The molecule has 0 aliphatic rings. The van der Waals surface area contributed by atoms with Gasteiger partial charge in [-0.05, 0) is 12.5 Å². The van der Waals surface area contributed by atoms with Crippen molar-refractivity contribution in [1.82, 2.24) is 9.55 Å². The predicted octanol–water partition coefficient (Wildman–Crippen LogP) is 1.96. The first kappa shape index (κ1) is 9.65. The van der Waals surface area contributed by atoms with Crippen LogP contribution in [0.25, 0.3) is 0 Å². The van der Waals surface area contributed by atoms with E-state index in [0.29, 0.717) is 11.4 Å². The van der Waals surface area contributed by atoms with Gasteiger partial charge in [0.25, 0.3) is 0 Å². The van der Waals surface area contributed by atoms with E-state index >= 15 is 0 Å². The molecule has 0 spiro atoms. The fraction of sp³-hybridized carbons (Fsp3) is 0.167. The summed E-state index contributed by atoms with van der Waals surface area (Å²) in [5.41, 5.74) is 1.69. The third-order valence-corrected chi connectivity index (χ3v) is 2.41. The van der Waals surface area contributed by atoms with Gasteiger partial charge in [0, 0.05) is 25.0 Å². The molecule has 0 aliphatic carbocycles. The summed E-state index contributed by atoms with van der Waals surface area (Å²) in [5.74, 6) is 0.449. The Morgan fingerprint density at radius 1 is 1.33 bits per heavy atom. The third-order valence-electron chi connectivity index (χ3n) is 2.41. The van der Waals surface area contributed by atoms with Gasteiger partial charge in [0.2, 0.25) is 5.78 Å². The molecular weight excluding hydrogens is 188 g/mol. The summed E-state index contributed by atoms with van der Waals surface area (Å²) in [4.78, 5) is 16.1. The van der Waals surface area contributed by atoms with Crippen LogP contribution in [0.4, 0.5) is 0 Å². The third kappa shape index (κ3) is 1.68. The van der Waals surface area contributed by atoms with Crippen LogP contribution in [-0.2, 0) is 7.05 Å². The molecule has 0 saturated carbocycles. The van der Waals surface area contributed by atoms with E-state index in [9.17, 15) is 4.79 Å². The van der Waals surface area contributed by atoms with E-state index in [4.69, 9.17) is 0 Å². The van der Waals surface area contributed by atoms with Gasteiger partial charge in [0.1, 0.15) is 0 Å². The van der Waals surface area contributed by atoms with Crippen molar-refractivity contribution in [3.63, 3.8) is 0 Å². The molecule has 3 heteroatoms. The number of nitrogens with zero attached hydrogens (tertiary/aromatic N) is 2. The molecule has 15 heavy (non-hydrogen) atoms. The van der Waals surface area contributed by atoms with E-state index in [1.54, 1.807) is 17.0 Å². The van der Waals surface area contributed by atoms with Crippen LogP contribution in [0.3, 0.4) is 0 Å². The van der Waals surface area contributed by atoms with Crippen molar-refractivity contribution >= 4 is 5.78 Å². The second-order valence-corrected chi connectivity index (χ2v) is 3.51. The highest BCUT2D eigenvalue weighted by Crippen LogP contribution is 2.11. The number of imidazole rings is 1. The maximum Gasteiger partial charge on any atom is 0.228 e. The number of carbonyl (C=O) groups excluding carboxylic acids is 1. The number of hydrogen-bond donors (Lipinski definition) is 0. The maximum absolute atomic E-state index is 12.1. The standard InChI is InChI=1S/C12H12N2O/c1-9-5-3-4-6-10(9)11(15)12-13-7-8-14(12)2/h3-8H,1-2H3. The minimum atomic E-state index is -0.0272. The Labute approximate surface area is 88.4 Å². The van der Waals surface area contributed by atoms with Crippen molar-refractivity contribution in [2.45, 2.75) is 6.92 Å². The molecule has 0 unspecified atom stereocenters. The lowest BCUT2D eigenvalue weighted by Crippen LogP contribution is -2.09. The fourth-order valence-corrected chi connectivity index (χ4v) is 1.53. The van der Waals surface area contributed by atoms with Gasteiger partial charge in [-0.2, -0.15) is 0 Å². The van der Waals surface area contributed by atoms with Crippen LogP contribution in [0.2, 0.25) is 0 Å². The zero-order valence-corrected chi connectivity index (χ0v) is 8.77. The largest absolute Gasteiger partial charge is 0.331 e. The molecule has 0 saturated heterocycles. The Morgan fingerprint density at radius 2 is 2.07 bits per heavy atom. The second kappa shape index (κ2) is 3.69. The van der Waals surface area contributed by atoms with Crippen LogP contribution < -0.4 is 0 Å². The van der Waals surface area contributed by atoms with Crippen molar-refractivity contribution in [3.05, 3.63) is 53.6 Å². The van der Waals surface area contributed by atoms with Gasteiger partial charge in [0.05, 0.1) is 0 Å². The first-order valence-corrected chi connectivity index (χ1v) is 4.78. The number of carbonyl (C=O) groups is 1. The molecule has 0 amide bonds. The number of ketones is 1. The first-order valence-electron chi connectivity index (χ1n) is 4.78. The number of rotatable bonds is 2. The van der Waals surface area contributed by atoms with Crippen LogP contribution in [0.15, 0.2) is 36.7 Å². The van der Waals surface area contributed by atoms with Crippen molar-refractivity contribution in [2.24, 2.45) is 7.05 Å². The zero-order chi connectivity index (χ0) is 10.8. The van der Waals surface area contributed by atoms with Crippen LogP contribution >= 0.6 is 0 Å². The molecule has 0 atom stereocenters. The van der Waals surface area contributed by atoms with Crippen LogP contribution in [0, 0.1) is 6.92 Å². The van der Waals surface area contributed by atoms with Gasteiger partial charge in [0.15, 0.2) is 5.82 Å². The Hall–Kier alpha value is -1.90. The summed E-state index contributed by atoms with van der Waals surface area (Å²) in [5, 5.41) is 0. The molecule has 2 aromatic rings. The lowest BCUT2D eigenvalue weighted by atomic mass is 10.0. The number of hydrogen-bond acceptors (Lipinski definition) is 2. The quantitative estimate of drug-likeness (QED) is 0.694. The molecule has 1 heterocycles. The summed E-state index contributed by atoms with van der Waals surface area (Å²) in [6.07, 6.45) is 3.40. The highest BCUT2D eigenvalue weighted by atomic mass is 16.1. The van der Waals surface area contributed by atoms with E-state index in [-0.39, 0.29) is 5.78 Å². The van der Waals surface area contributed by atoms with Crippen molar-refractivity contribution in [2.75, 3.05) is 0 Å². The Bertz CT molecular complexity index is 500. The van der Waals surface area contributed by atoms with Crippen LogP contribution in [0.5, 0.6) is 0 Å². The maximum atomic E-state index is 12.1. The number of aromatic nitrogens is 2. The normalized spacial score (nSPS) is 10.3. The summed E-state index contributed by atoms with van der Waals surface area (Å²) in [7, 11) is 1.82. The molecular formula is C12H12N2O. The molecule has 1 aromatic heterocycles. The highest BCUT2D eigenvalue weighted by molar-refractivity contribution is 6.07. The van der Waals surface area contributed by atoms with Gasteiger partial charge >= 0.3 is 0 Å². The average Bonchev–Trinajstić information content (AvgIpc) is 2.64. The van der Waals surface area contributed by atoms with Crippen molar-refractivity contribution < 1.29 is 4.79 Å². The minimum absolute atomic E-state index is 0.0272. The van der Waals surface area contributed by atoms with Crippen molar-refractivity contribution in [1.29, 1.82) is 0 Å². The smallest absolute Gasteiger partial charge is 0.228 e. The topological polar surface area (TPSA) is 34.9 Å². The second-order valence-electron chi connectivity index (χ2n) is 3.51. The molecule has 0 N–H and O–H groups in total. The van der Waals surface area contributed by atoms with Gasteiger partial charge in [-0.1, -0.05) is 24.3 Å². The molecule has 0 radical (unpaired) electrons. The lowest BCUT2D eigenvalue weighted by Gasteiger charge is -2.03. The summed E-state index contributed by atoms with van der Waals surface area (Å²) in [6.45, 7) is 1.93. The van der Waals surface area contributed by atoms with E-state index in [1.165, 1.54) is 0 Å². The lowest BCUT2D eigenvalue weighted by molar-refractivity contribution is 0.102. The van der Waals surface area contributed by atoms with E-state index in [0.717, 1.165) is 5.56 Å². The molecule has 0 aliphatic heterocycles. The summed E-state index contributed by atoms with van der Waals surface area (Å²) >= 11 is 0.